The van der Waals surface area contributed by atoms with Gasteiger partial charge in [0.05, 0.1) is 37.4 Å². The minimum atomic E-state index is -0.717. The zero-order valence-corrected chi connectivity index (χ0v) is 16.1. The molecule has 0 aliphatic carbocycles. The van der Waals surface area contributed by atoms with Crippen molar-refractivity contribution in [3.05, 3.63) is 57.6 Å². The van der Waals surface area contributed by atoms with Crippen molar-refractivity contribution in [3.8, 4) is 23.3 Å². The largest absolute Gasteiger partial charge is 0.494 e. The highest BCUT2D eigenvalue weighted by Crippen LogP contribution is 2.35. The number of methoxy groups -OCH3 is 2. The van der Waals surface area contributed by atoms with Crippen molar-refractivity contribution < 1.29 is 23.9 Å². The van der Waals surface area contributed by atoms with Crippen molar-refractivity contribution >= 4 is 23.4 Å². The van der Waals surface area contributed by atoms with E-state index in [1.807, 2.05) is 6.92 Å². The number of ether oxygens (including phenoxy) is 3. The Balaban J connectivity index is 2.40. The van der Waals surface area contributed by atoms with E-state index < -0.39 is 10.8 Å². The average molecular weight is 397 g/mol. The first-order chi connectivity index (χ1) is 13.9. The van der Waals surface area contributed by atoms with E-state index in [-0.39, 0.29) is 28.3 Å². The number of benzene rings is 2. The molecular formula is C20H19N3O6. The molecule has 0 aliphatic rings. The molecule has 2 aromatic carbocycles. The van der Waals surface area contributed by atoms with Gasteiger partial charge in [0.2, 0.25) is 0 Å². The molecule has 1 amide bonds. The molecule has 2 aromatic rings. The first-order valence-electron chi connectivity index (χ1n) is 8.49. The summed E-state index contributed by atoms with van der Waals surface area (Å²) in [5.41, 5.74) is -0.199. The van der Waals surface area contributed by atoms with Gasteiger partial charge in [0.15, 0.2) is 11.5 Å². The molecule has 2 rings (SSSR count). The summed E-state index contributed by atoms with van der Waals surface area (Å²) in [4.78, 5) is 23.3. The van der Waals surface area contributed by atoms with Crippen molar-refractivity contribution in [1.29, 1.82) is 5.26 Å². The summed E-state index contributed by atoms with van der Waals surface area (Å²) in [6.07, 6.45) is 1.13. The Morgan fingerprint density at radius 3 is 2.52 bits per heavy atom. The van der Waals surface area contributed by atoms with Crippen molar-refractivity contribution in [2.24, 2.45) is 0 Å². The van der Waals surface area contributed by atoms with Gasteiger partial charge < -0.3 is 19.5 Å². The number of rotatable bonds is 8. The van der Waals surface area contributed by atoms with Gasteiger partial charge in [-0.1, -0.05) is 6.07 Å². The van der Waals surface area contributed by atoms with Crippen LogP contribution in [0.1, 0.15) is 12.5 Å². The van der Waals surface area contributed by atoms with E-state index >= 15 is 0 Å². The zero-order chi connectivity index (χ0) is 21.4. The van der Waals surface area contributed by atoms with Crippen LogP contribution in [0.2, 0.25) is 0 Å². The van der Waals surface area contributed by atoms with Crippen LogP contribution in [0.4, 0.5) is 11.4 Å². The number of carbonyl (C=O) groups excluding carboxylic acids is 1. The number of anilines is 1. The van der Waals surface area contributed by atoms with E-state index in [0.29, 0.717) is 18.0 Å². The number of nitro benzene ring substituents is 1. The maximum Gasteiger partial charge on any atom is 0.280 e. The second-order valence-corrected chi connectivity index (χ2v) is 5.61. The van der Waals surface area contributed by atoms with Gasteiger partial charge in [-0.15, -0.1) is 0 Å². The lowest BCUT2D eigenvalue weighted by Gasteiger charge is -2.10. The molecule has 0 unspecified atom stereocenters. The lowest BCUT2D eigenvalue weighted by molar-refractivity contribution is -0.385. The van der Waals surface area contributed by atoms with Crippen LogP contribution < -0.4 is 19.5 Å². The molecule has 0 saturated carbocycles. The molecule has 0 atom stereocenters. The monoisotopic (exact) mass is 397 g/mol. The number of nitrogens with zero attached hydrogens (tertiary/aromatic N) is 2. The molecular weight excluding hydrogens is 378 g/mol. The van der Waals surface area contributed by atoms with Gasteiger partial charge in [0.25, 0.3) is 11.6 Å². The van der Waals surface area contributed by atoms with E-state index in [0.717, 1.165) is 6.08 Å². The summed E-state index contributed by atoms with van der Waals surface area (Å²) < 4.78 is 15.6. The molecule has 9 heteroatoms. The molecule has 0 heterocycles. The topological polar surface area (TPSA) is 124 Å². The first kappa shape index (κ1) is 21.2. The summed E-state index contributed by atoms with van der Waals surface area (Å²) in [5, 5.41) is 23.4. The van der Waals surface area contributed by atoms with Gasteiger partial charge >= 0.3 is 0 Å². The average Bonchev–Trinajstić information content (AvgIpc) is 2.71. The van der Waals surface area contributed by atoms with Gasteiger partial charge in [0.1, 0.15) is 17.4 Å². The molecule has 0 aromatic heterocycles. The number of hydrogen-bond acceptors (Lipinski definition) is 7. The Hall–Kier alpha value is -4.06. The van der Waals surface area contributed by atoms with E-state index in [1.165, 1.54) is 26.4 Å². The molecule has 0 aliphatic heterocycles. The van der Waals surface area contributed by atoms with Crippen LogP contribution in [-0.2, 0) is 4.79 Å². The lowest BCUT2D eigenvalue weighted by Crippen LogP contribution is -2.13. The Kier molecular flexibility index (Phi) is 7.14. The molecule has 150 valence electrons. The summed E-state index contributed by atoms with van der Waals surface area (Å²) in [5.74, 6) is 0.229. The van der Waals surface area contributed by atoms with Crippen LogP contribution >= 0.6 is 0 Å². The smallest absolute Gasteiger partial charge is 0.280 e. The third-order valence-electron chi connectivity index (χ3n) is 3.80. The van der Waals surface area contributed by atoms with Gasteiger partial charge in [0, 0.05) is 11.8 Å². The van der Waals surface area contributed by atoms with Crippen molar-refractivity contribution in [2.75, 3.05) is 26.1 Å². The Morgan fingerprint density at radius 1 is 1.24 bits per heavy atom. The Bertz CT molecular complexity index is 994. The van der Waals surface area contributed by atoms with Crippen molar-refractivity contribution in [1.82, 2.24) is 0 Å². The van der Waals surface area contributed by atoms with Crippen LogP contribution in [0.3, 0.4) is 0 Å². The fourth-order valence-corrected chi connectivity index (χ4v) is 2.49. The first-order valence-corrected chi connectivity index (χ1v) is 8.49. The number of nitriles is 1. The number of hydrogen-bond donors (Lipinski definition) is 1. The molecule has 0 radical (unpaired) electrons. The van der Waals surface area contributed by atoms with E-state index in [9.17, 15) is 20.2 Å². The SMILES string of the molecule is CCOc1cccc(NC(=O)/C(C#N)=C/c2cc(OC)c(OC)cc2[N+](=O)[O-])c1. The van der Waals surface area contributed by atoms with E-state index in [2.05, 4.69) is 5.32 Å². The van der Waals surface area contributed by atoms with Crippen LogP contribution in [0.15, 0.2) is 42.0 Å². The van der Waals surface area contributed by atoms with Crippen molar-refractivity contribution in [2.45, 2.75) is 6.92 Å². The molecule has 0 saturated heterocycles. The number of amides is 1. The van der Waals surface area contributed by atoms with E-state index in [1.54, 1.807) is 30.3 Å². The van der Waals surface area contributed by atoms with Crippen molar-refractivity contribution in [3.63, 3.8) is 0 Å². The summed E-state index contributed by atoms with van der Waals surface area (Å²) in [7, 11) is 2.72. The van der Waals surface area contributed by atoms with Gasteiger partial charge in [-0.3, -0.25) is 14.9 Å². The number of carbonyl (C=O) groups is 1. The molecule has 0 fully saturated rings. The highest BCUT2D eigenvalue weighted by Gasteiger charge is 2.20. The molecule has 1 N–H and O–H groups in total. The summed E-state index contributed by atoms with van der Waals surface area (Å²) >= 11 is 0. The maximum atomic E-state index is 12.5. The molecule has 0 spiro atoms. The zero-order valence-electron chi connectivity index (χ0n) is 16.1. The quantitative estimate of drug-likeness (QED) is 0.312. The highest BCUT2D eigenvalue weighted by atomic mass is 16.6. The standard InChI is InChI=1S/C20H19N3O6/c1-4-29-16-7-5-6-15(10-16)22-20(24)14(12-21)8-13-9-18(27-2)19(28-3)11-17(13)23(25)26/h5-11H,4H2,1-3H3,(H,22,24)/b14-8+. The highest BCUT2D eigenvalue weighted by molar-refractivity contribution is 6.10. The van der Waals surface area contributed by atoms with Crippen LogP contribution in [0, 0.1) is 21.4 Å². The van der Waals surface area contributed by atoms with Crippen LogP contribution in [0.25, 0.3) is 6.08 Å². The third-order valence-corrected chi connectivity index (χ3v) is 3.80. The predicted octanol–water partition coefficient (Wildman–Crippen LogP) is 3.56. The van der Waals surface area contributed by atoms with Gasteiger partial charge in [-0.05, 0) is 31.2 Å². The summed E-state index contributed by atoms with van der Waals surface area (Å²) in [6, 6.07) is 10.9. The molecule has 29 heavy (non-hydrogen) atoms. The Labute approximate surface area is 167 Å². The lowest BCUT2D eigenvalue weighted by atomic mass is 10.1. The third kappa shape index (κ3) is 5.23. The second kappa shape index (κ2) is 9.75. The Morgan fingerprint density at radius 2 is 1.93 bits per heavy atom. The summed E-state index contributed by atoms with van der Waals surface area (Å²) in [6.45, 7) is 2.29. The molecule has 9 nitrogen and oxygen atoms in total. The van der Waals surface area contributed by atoms with Crippen LogP contribution in [-0.4, -0.2) is 31.7 Å². The minimum absolute atomic E-state index is 0.0300. The molecule has 0 bridgehead atoms. The van der Waals surface area contributed by atoms with E-state index in [4.69, 9.17) is 14.2 Å². The maximum absolute atomic E-state index is 12.5. The normalized spacial score (nSPS) is 10.6. The predicted molar refractivity (Wildman–Crippen MR) is 106 cm³/mol. The fraction of sp³-hybridized carbons (Fsp3) is 0.200. The van der Waals surface area contributed by atoms with Crippen LogP contribution in [0.5, 0.6) is 17.2 Å². The minimum Gasteiger partial charge on any atom is -0.494 e. The number of nitro groups is 1. The fourth-order valence-electron chi connectivity index (χ4n) is 2.49. The number of nitrogens with one attached hydrogen (secondary N) is 1. The van der Waals surface area contributed by atoms with Gasteiger partial charge in [-0.25, -0.2) is 0 Å². The van der Waals surface area contributed by atoms with Gasteiger partial charge in [-0.2, -0.15) is 5.26 Å². The second-order valence-electron chi connectivity index (χ2n) is 5.61.